The number of aryl methyl sites for hydroxylation is 1. The smallest absolute Gasteiger partial charge is 0.235 e. The summed E-state index contributed by atoms with van der Waals surface area (Å²) in [5.74, 6) is 1.20. The van der Waals surface area contributed by atoms with E-state index in [4.69, 9.17) is 9.97 Å². The van der Waals surface area contributed by atoms with Gasteiger partial charge in [-0.2, -0.15) is 0 Å². The Balaban J connectivity index is 1.36. The number of para-hydroxylation sites is 1. The number of allylic oxidation sites excluding steroid dienone is 8. The summed E-state index contributed by atoms with van der Waals surface area (Å²) in [5.41, 5.74) is 11.0. The van der Waals surface area contributed by atoms with Gasteiger partial charge in [-0.25, -0.2) is 9.97 Å². The molecule has 0 amide bonds. The van der Waals surface area contributed by atoms with Crippen LogP contribution in [-0.2, 0) is 12.8 Å². The third-order valence-corrected chi connectivity index (χ3v) is 9.02. The van der Waals surface area contributed by atoms with Crippen LogP contribution in [0.25, 0.3) is 55.2 Å². The van der Waals surface area contributed by atoms with Crippen molar-refractivity contribution in [2.24, 2.45) is 5.92 Å². The van der Waals surface area contributed by atoms with E-state index < -0.39 is 0 Å². The summed E-state index contributed by atoms with van der Waals surface area (Å²) in [5, 5.41) is 4.92. The van der Waals surface area contributed by atoms with Crippen LogP contribution < -0.4 is 0 Å². The topological polar surface area (TPSA) is 30.7 Å². The summed E-state index contributed by atoms with van der Waals surface area (Å²) >= 11 is 0. The Kier molecular flexibility index (Phi) is 4.85. The molecule has 3 heteroatoms. The first-order valence-electron chi connectivity index (χ1n) is 14.5. The molecule has 1 unspecified atom stereocenters. The van der Waals surface area contributed by atoms with E-state index in [1.165, 1.54) is 55.2 Å². The lowest BCUT2D eigenvalue weighted by Crippen LogP contribution is -2.12. The average molecular weight is 526 g/mol. The first kappa shape index (κ1) is 22.8. The van der Waals surface area contributed by atoms with Gasteiger partial charge >= 0.3 is 0 Å². The second-order valence-corrected chi connectivity index (χ2v) is 11.3. The van der Waals surface area contributed by atoms with E-state index in [1.807, 2.05) is 0 Å². The Morgan fingerprint density at radius 1 is 0.756 bits per heavy atom. The zero-order valence-electron chi connectivity index (χ0n) is 22.6. The zero-order valence-corrected chi connectivity index (χ0v) is 22.6. The van der Waals surface area contributed by atoms with Crippen molar-refractivity contribution in [1.29, 1.82) is 0 Å². The maximum absolute atomic E-state index is 5.40. The standard InChI is InChI=1S/C38H27N3/c1-2-12-27-23-28(18-17-24(27)9-1)37-31-15-7-8-16-32(31)39-38(40-37)41-33-21-19-25-10-3-5-13-29(25)35(33)36-30-14-6-4-11-26(30)20-22-34(36)41/h1-16,18-19,21,23-24H,17,20,22H2. The molecule has 0 radical (unpaired) electrons. The molecule has 3 nitrogen and oxygen atoms in total. The highest BCUT2D eigenvalue weighted by Crippen LogP contribution is 2.45. The number of fused-ring (bicyclic) bond motifs is 9. The Labute approximate surface area is 238 Å². The minimum absolute atomic E-state index is 0.449. The molecule has 0 N–H and O–H groups in total. The molecule has 9 rings (SSSR count). The minimum atomic E-state index is 0.449. The van der Waals surface area contributed by atoms with Gasteiger partial charge in [0.25, 0.3) is 0 Å². The number of aromatic nitrogens is 3. The molecule has 0 saturated heterocycles. The molecule has 6 aromatic rings. The highest BCUT2D eigenvalue weighted by atomic mass is 15.2. The first-order valence-corrected chi connectivity index (χ1v) is 14.5. The number of nitrogens with zero attached hydrogens (tertiary/aromatic N) is 3. The Morgan fingerprint density at radius 3 is 2.59 bits per heavy atom. The summed E-state index contributed by atoms with van der Waals surface area (Å²) in [4.78, 5) is 10.6. The molecule has 3 aliphatic carbocycles. The van der Waals surface area contributed by atoms with Crippen LogP contribution >= 0.6 is 0 Å². The van der Waals surface area contributed by atoms with Gasteiger partial charge in [0.1, 0.15) is 0 Å². The molecule has 41 heavy (non-hydrogen) atoms. The van der Waals surface area contributed by atoms with Gasteiger partial charge in [0, 0.05) is 27.9 Å². The van der Waals surface area contributed by atoms with E-state index in [0.717, 1.165) is 41.8 Å². The van der Waals surface area contributed by atoms with Gasteiger partial charge in [0.15, 0.2) is 0 Å². The third kappa shape index (κ3) is 3.39. The van der Waals surface area contributed by atoms with Crippen LogP contribution in [0.1, 0.15) is 23.4 Å². The van der Waals surface area contributed by atoms with Crippen LogP contribution in [0.3, 0.4) is 0 Å². The molecule has 0 spiro atoms. The summed E-state index contributed by atoms with van der Waals surface area (Å²) in [6.45, 7) is 0. The van der Waals surface area contributed by atoms with Crippen LogP contribution in [0.15, 0.2) is 127 Å². The van der Waals surface area contributed by atoms with Crippen molar-refractivity contribution in [2.45, 2.75) is 19.3 Å². The normalized spacial score (nSPS) is 17.3. The molecule has 0 fully saturated rings. The van der Waals surface area contributed by atoms with Crippen molar-refractivity contribution in [3.8, 4) is 17.1 Å². The second-order valence-electron chi connectivity index (χ2n) is 11.3. The monoisotopic (exact) mass is 525 g/mol. The molecule has 2 aromatic heterocycles. The van der Waals surface area contributed by atoms with Gasteiger partial charge in [0.05, 0.1) is 16.7 Å². The molecular formula is C38H27N3. The predicted molar refractivity (Wildman–Crippen MR) is 169 cm³/mol. The van der Waals surface area contributed by atoms with Gasteiger partial charge < -0.3 is 0 Å². The number of hydrogen-bond acceptors (Lipinski definition) is 2. The van der Waals surface area contributed by atoms with Gasteiger partial charge in [-0.05, 0) is 70.5 Å². The van der Waals surface area contributed by atoms with Crippen LogP contribution in [0, 0.1) is 5.92 Å². The summed E-state index contributed by atoms with van der Waals surface area (Å²) in [7, 11) is 0. The molecule has 0 aliphatic heterocycles. The van der Waals surface area contributed by atoms with Gasteiger partial charge in [-0.1, -0.05) is 103 Å². The van der Waals surface area contributed by atoms with Crippen LogP contribution in [0.2, 0.25) is 0 Å². The Hall–Kier alpha value is -5.02. The SMILES string of the molecule is C1=CC2=CC(c3nc(-n4c5c(c6c7ccccc7ccc64)-c4ccccc4CC5)nc4ccccc34)=CCC2C=C1. The van der Waals surface area contributed by atoms with Gasteiger partial charge in [-0.3, -0.25) is 4.57 Å². The van der Waals surface area contributed by atoms with E-state index in [-0.39, 0.29) is 0 Å². The van der Waals surface area contributed by atoms with E-state index in [2.05, 4.69) is 126 Å². The molecule has 4 aromatic carbocycles. The molecule has 1 atom stereocenters. The number of rotatable bonds is 2. The molecular weight excluding hydrogens is 498 g/mol. The summed E-state index contributed by atoms with van der Waals surface area (Å²) in [6.07, 6.45) is 16.4. The van der Waals surface area contributed by atoms with Crippen molar-refractivity contribution >= 4 is 38.2 Å². The van der Waals surface area contributed by atoms with Crippen molar-refractivity contribution < 1.29 is 0 Å². The average Bonchev–Trinajstić information content (AvgIpc) is 3.39. The highest BCUT2D eigenvalue weighted by molar-refractivity contribution is 6.16. The summed E-state index contributed by atoms with van der Waals surface area (Å²) < 4.78 is 2.35. The highest BCUT2D eigenvalue weighted by Gasteiger charge is 2.28. The Morgan fingerprint density at radius 2 is 1.61 bits per heavy atom. The molecule has 0 saturated carbocycles. The van der Waals surface area contributed by atoms with Gasteiger partial charge in [-0.15, -0.1) is 0 Å². The molecule has 3 aliphatic rings. The first-order chi connectivity index (χ1) is 20.3. The number of hydrogen-bond donors (Lipinski definition) is 0. The zero-order chi connectivity index (χ0) is 26.9. The lowest BCUT2D eigenvalue weighted by molar-refractivity contribution is 0.781. The quantitative estimate of drug-likeness (QED) is 0.226. The van der Waals surface area contributed by atoms with E-state index in [9.17, 15) is 0 Å². The summed E-state index contributed by atoms with van der Waals surface area (Å²) in [6, 6.07) is 30.6. The predicted octanol–water partition coefficient (Wildman–Crippen LogP) is 8.95. The lowest BCUT2D eigenvalue weighted by Gasteiger charge is -2.22. The fourth-order valence-electron chi connectivity index (χ4n) is 7.11. The van der Waals surface area contributed by atoms with Crippen molar-refractivity contribution in [2.75, 3.05) is 0 Å². The van der Waals surface area contributed by atoms with Crippen molar-refractivity contribution in [3.63, 3.8) is 0 Å². The van der Waals surface area contributed by atoms with Crippen LogP contribution in [0.5, 0.6) is 0 Å². The van der Waals surface area contributed by atoms with Crippen molar-refractivity contribution in [3.05, 3.63) is 144 Å². The largest absolute Gasteiger partial charge is 0.282 e. The fraction of sp³-hybridized carbons (Fsp3) is 0.105. The third-order valence-electron chi connectivity index (χ3n) is 9.02. The molecule has 194 valence electrons. The van der Waals surface area contributed by atoms with E-state index in [1.54, 1.807) is 0 Å². The lowest BCUT2D eigenvalue weighted by atomic mass is 9.84. The minimum Gasteiger partial charge on any atom is -0.282 e. The Bertz CT molecular complexity index is 2190. The van der Waals surface area contributed by atoms with Crippen LogP contribution in [0.4, 0.5) is 0 Å². The maximum Gasteiger partial charge on any atom is 0.235 e. The maximum atomic E-state index is 5.40. The van der Waals surface area contributed by atoms with E-state index in [0.29, 0.717) is 5.92 Å². The van der Waals surface area contributed by atoms with Crippen molar-refractivity contribution in [1.82, 2.24) is 14.5 Å². The molecule has 0 bridgehead atoms. The van der Waals surface area contributed by atoms with Gasteiger partial charge in [0.2, 0.25) is 5.95 Å². The number of benzene rings is 4. The van der Waals surface area contributed by atoms with E-state index >= 15 is 0 Å². The van der Waals surface area contributed by atoms with Crippen LogP contribution in [-0.4, -0.2) is 14.5 Å². The second kappa shape index (κ2) is 8.74. The fourth-order valence-corrected chi connectivity index (χ4v) is 7.11. The molecule has 2 heterocycles.